The Morgan fingerprint density at radius 3 is 3.11 bits per heavy atom. The van der Waals surface area contributed by atoms with Crippen LogP contribution >= 0.6 is 0 Å². The van der Waals surface area contributed by atoms with E-state index in [1.165, 1.54) is 11.1 Å². The molecule has 0 aliphatic heterocycles. The van der Waals surface area contributed by atoms with Crippen LogP contribution in [0.4, 0.5) is 0 Å². The van der Waals surface area contributed by atoms with E-state index in [0.29, 0.717) is 31.3 Å². The number of fused-ring (bicyclic) bond motifs is 1. The number of benzene rings is 1. The van der Waals surface area contributed by atoms with E-state index in [1.54, 1.807) is 6.07 Å². The highest BCUT2D eigenvalue weighted by atomic mass is 16.3. The van der Waals surface area contributed by atoms with Crippen molar-refractivity contribution >= 4 is 5.91 Å². The van der Waals surface area contributed by atoms with Gasteiger partial charge < -0.3 is 15.7 Å². The Morgan fingerprint density at radius 2 is 2.33 bits per heavy atom. The highest BCUT2D eigenvalue weighted by molar-refractivity contribution is 5.75. The van der Waals surface area contributed by atoms with E-state index < -0.39 is 0 Å². The average Bonchev–Trinajstić information content (AvgIpc) is 2.72. The third-order valence-electron chi connectivity index (χ3n) is 3.32. The summed E-state index contributed by atoms with van der Waals surface area (Å²) in [4.78, 5) is 11.3. The third-order valence-corrected chi connectivity index (χ3v) is 3.32. The first-order valence-corrected chi connectivity index (χ1v) is 6.52. The maximum Gasteiger partial charge on any atom is 0.221 e. The Kier molecular flexibility index (Phi) is 4.20. The van der Waals surface area contributed by atoms with Crippen molar-refractivity contribution in [3.63, 3.8) is 0 Å². The maximum atomic E-state index is 11.3. The van der Waals surface area contributed by atoms with Crippen LogP contribution in [-0.2, 0) is 11.2 Å². The van der Waals surface area contributed by atoms with Gasteiger partial charge in [0.15, 0.2) is 0 Å². The molecule has 0 saturated heterocycles. The van der Waals surface area contributed by atoms with E-state index >= 15 is 0 Å². The highest BCUT2D eigenvalue weighted by Crippen LogP contribution is 2.32. The first-order valence-electron chi connectivity index (χ1n) is 6.52. The fraction of sp³-hybridized carbons (Fsp3) is 0.500. The van der Waals surface area contributed by atoms with Gasteiger partial charge in [-0.15, -0.1) is 0 Å². The molecule has 4 nitrogen and oxygen atoms in total. The van der Waals surface area contributed by atoms with Crippen molar-refractivity contribution in [2.45, 2.75) is 32.2 Å². The fourth-order valence-electron chi connectivity index (χ4n) is 2.46. The normalized spacial score (nSPS) is 17.5. The van der Waals surface area contributed by atoms with Gasteiger partial charge in [0.25, 0.3) is 0 Å². The summed E-state index contributed by atoms with van der Waals surface area (Å²) < 4.78 is 0. The number of carbonyl (C=O) groups is 1. The summed E-state index contributed by atoms with van der Waals surface area (Å²) in [7, 11) is 0. The average molecular weight is 248 g/mol. The van der Waals surface area contributed by atoms with Crippen LogP contribution < -0.4 is 10.6 Å². The number of aromatic hydroxyl groups is 1. The molecule has 1 aliphatic rings. The quantitative estimate of drug-likeness (QED) is 0.740. The van der Waals surface area contributed by atoms with Gasteiger partial charge >= 0.3 is 0 Å². The highest BCUT2D eigenvalue weighted by Gasteiger charge is 2.22. The number of phenolic OH excluding ortho intramolecular Hbond substituents is 1. The van der Waals surface area contributed by atoms with E-state index in [2.05, 4.69) is 10.6 Å². The van der Waals surface area contributed by atoms with Gasteiger partial charge in [-0.05, 0) is 43.0 Å². The molecule has 4 heteroatoms. The number of hydrogen-bond acceptors (Lipinski definition) is 3. The SMILES string of the molecule is CCNC(=O)CCNC1CCc2cc(O)ccc21. The summed E-state index contributed by atoms with van der Waals surface area (Å²) >= 11 is 0. The zero-order chi connectivity index (χ0) is 13.0. The fourth-order valence-corrected chi connectivity index (χ4v) is 2.46. The van der Waals surface area contributed by atoms with E-state index in [-0.39, 0.29) is 5.91 Å². The van der Waals surface area contributed by atoms with E-state index in [1.807, 2.05) is 19.1 Å². The monoisotopic (exact) mass is 248 g/mol. The van der Waals surface area contributed by atoms with Crippen molar-refractivity contribution in [1.29, 1.82) is 0 Å². The molecule has 0 fully saturated rings. The second-order valence-electron chi connectivity index (χ2n) is 4.63. The zero-order valence-corrected chi connectivity index (χ0v) is 10.7. The Labute approximate surface area is 107 Å². The lowest BCUT2D eigenvalue weighted by molar-refractivity contribution is -0.120. The van der Waals surface area contributed by atoms with Crippen molar-refractivity contribution in [2.75, 3.05) is 13.1 Å². The van der Waals surface area contributed by atoms with Crippen LogP contribution in [0.3, 0.4) is 0 Å². The number of nitrogens with one attached hydrogen (secondary N) is 2. The van der Waals surface area contributed by atoms with Crippen LogP contribution in [0.1, 0.15) is 36.9 Å². The minimum atomic E-state index is 0.0916. The van der Waals surface area contributed by atoms with Crippen LogP contribution in [0, 0.1) is 0 Å². The molecule has 3 N–H and O–H groups in total. The molecule has 0 saturated carbocycles. The summed E-state index contributed by atoms with van der Waals surface area (Å²) in [6.07, 6.45) is 2.54. The predicted molar refractivity (Wildman–Crippen MR) is 70.5 cm³/mol. The van der Waals surface area contributed by atoms with Gasteiger partial charge in [0, 0.05) is 25.6 Å². The molecule has 0 radical (unpaired) electrons. The summed E-state index contributed by atoms with van der Waals surface area (Å²) in [6.45, 7) is 3.30. The first kappa shape index (κ1) is 12.9. The lowest BCUT2D eigenvalue weighted by Crippen LogP contribution is -2.28. The summed E-state index contributed by atoms with van der Waals surface area (Å²) in [5.74, 6) is 0.422. The van der Waals surface area contributed by atoms with Gasteiger partial charge in [-0.2, -0.15) is 0 Å². The largest absolute Gasteiger partial charge is 0.508 e. The third kappa shape index (κ3) is 3.01. The minimum absolute atomic E-state index is 0.0916. The molecule has 0 heterocycles. The van der Waals surface area contributed by atoms with Crippen molar-refractivity contribution in [3.05, 3.63) is 29.3 Å². The Morgan fingerprint density at radius 1 is 1.50 bits per heavy atom. The first-order chi connectivity index (χ1) is 8.70. The van der Waals surface area contributed by atoms with Crippen molar-refractivity contribution in [1.82, 2.24) is 10.6 Å². The number of aryl methyl sites for hydroxylation is 1. The maximum absolute atomic E-state index is 11.3. The summed E-state index contributed by atoms with van der Waals surface area (Å²) in [6, 6.07) is 5.85. The van der Waals surface area contributed by atoms with Crippen molar-refractivity contribution < 1.29 is 9.90 Å². The van der Waals surface area contributed by atoms with Crippen LogP contribution in [0.25, 0.3) is 0 Å². The van der Waals surface area contributed by atoms with Crippen molar-refractivity contribution in [3.8, 4) is 5.75 Å². The zero-order valence-electron chi connectivity index (χ0n) is 10.7. The van der Waals surface area contributed by atoms with Gasteiger partial charge in [-0.3, -0.25) is 4.79 Å². The number of hydrogen-bond donors (Lipinski definition) is 3. The lowest BCUT2D eigenvalue weighted by atomic mass is 10.1. The molecule has 2 rings (SSSR count). The van der Waals surface area contributed by atoms with Gasteiger partial charge in [0.05, 0.1) is 0 Å². The van der Waals surface area contributed by atoms with Gasteiger partial charge in [0.2, 0.25) is 5.91 Å². The standard InChI is InChI=1S/C14H20N2O2/c1-2-15-14(18)7-8-16-13-6-3-10-9-11(17)4-5-12(10)13/h4-5,9,13,16-17H,2-3,6-8H2,1H3,(H,15,18). The second kappa shape index (κ2) is 5.87. The van der Waals surface area contributed by atoms with Crippen LogP contribution in [-0.4, -0.2) is 24.1 Å². The Hall–Kier alpha value is -1.55. The molecular formula is C14H20N2O2. The summed E-state index contributed by atoms with van der Waals surface area (Å²) in [5.41, 5.74) is 2.47. The molecule has 1 aromatic carbocycles. The van der Waals surface area contributed by atoms with Gasteiger partial charge in [-0.25, -0.2) is 0 Å². The van der Waals surface area contributed by atoms with Crippen LogP contribution in [0.5, 0.6) is 5.75 Å². The van der Waals surface area contributed by atoms with Gasteiger partial charge in [-0.1, -0.05) is 6.07 Å². The molecule has 1 amide bonds. The number of phenols is 1. The number of carbonyl (C=O) groups excluding carboxylic acids is 1. The molecule has 18 heavy (non-hydrogen) atoms. The van der Waals surface area contributed by atoms with E-state index in [0.717, 1.165) is 12.8 Å². The van der Waals surface area contributed by atoms with Gasteiger partial charge in [0.1, 0.15) is 5.75 Å². The molecule has 0 aromatic heterocycles. The molecule has 98 valence electrons. The van der Waals surface area contributed by atoms with Crippen LogP contribution in [0.15, 0.2) is 18.2 Å². The predicted octanol–water partition coefficient (Wildman–Crippen LogP) is 1.50. The summed E-state index contributed by atoms with van der Waals surface area (Å²) in [5, 5.41) is 15.6. The minimum Gasteiger partial charge on any atom is -0.508 e. The Bertz CT molecular complexity index is 432. The topological polar surface area (TPSA) is 61.4 Å². The molecule has 1 atom stereocenters. The number of rotatable bonds is 5. The van der Waals surface area contributed by atoms with E-state index in [9.17, 15) is 9.90 Å². The molecule has 1 unspecified atom stereocenters. The molecule has 1 aromatic rings. The second-order valence-corrected chi connectivity index (χ2v) is 4.63. The molecular weight excluding hydrogens is 228 g/mol. The van der Waals surface area contributed by atoms with Crippen LogP contribution in [0.2, 0.25) is 0 Å². The molecule has 0 spiro atoms. The smallest absolute Gasteiger partial charge is 0.221 e. The lowest BCUT2D eigenvalue weighted by Gasteiger charge is -2.13. The van der Waals surface area contributed by atoms with E-state index in [4.69, 9.17) is 0 Å². The van der Waals surface area contributed by atoms with Crippen molar-refractivity contribution in [2.24, 2.45) is 0 Å². The molecule has 1 aliphatic carbocycles. The molecule has 0 bridgehead atoms. The number of amides is 1. The Balaban J connectivity index is 1.85.